The summed E-state index contributed by atoms with van der Waals surface area (Å²) in [4.78, 5) is 24.3. The van der Waals surface area contributed by atoms with Crippen molar-refractivity contribution in [3.05, 3.63) is 0 Å². The number of rotatable bonds is 2. The summed E-state index contributed by atoms with van der Waals surface area (Å²) in [7, 11) is 0. The van der Waals surface area contributed by atoms with Crippen LogP contribution in [0.5, 0.6) is 0 Å². The van der Waals surface area contributed by atoms with Crippen molar-refractivity contribution in [2.75, 3.05) is 11.5 Å². The maximum absolute atomic E-state index is 12.6. The molecule has 2 amide bonds. The van der Waals surface area contributed by atoms with E-state index >= 15 is 0 Å². The van der Waals surface area contributed by atoms with E-state index in [1.165, 1.54) is 38.5 Å². The molecule has 0 radical (unpaired) electrons. The van der Waals surface area contributed by atoms with Gasteiger partial charge in [0.15, 0.2) is 0 Å². The van der Waals surface area contributed by atoms with Gasteiger partial charge in [0.2, 0.25) is 11.8 Å². The van der Waals surface area contributed by atoms with Gasteiger partial charge < -0.3 is 10.6 Å². The molecule has 1 saturated heterocycles. The Bertz CT molecular complexity index is 430. The number of hydrogen-bond acceptors (Lipinski definition) is 3. The topological polar surface area (TPSA) is 58.2 Å². The summed E-state index contributed by atoms with van der Waals surface area (Å²) in [6.07, 6.45) is 8.17. The van der Waals surface area contributed by atoms with E-state index in [0.29, 0.717) is 12.2 Å². The number of carbonyl (C=O) groups excluding carboxylic acids is 2. The van der Waals surface area contributed by atoms with Crippen molar-refractivity contribution in [3.8, 4) is 0 Å². The summed E-state index contributed by atoms with van der Waals surface area (Å²) in [6, 6.07) is -0.335. The van der Waals surface area contributed by atoms with Gasteiger partial charge in [0, 0.05) is 23.5 Å². The molecule has 1 aliphatic heterocycles. The van der Waals surface area contributed by atoms with Crippen LogP contribution in [-0.4, -0.2) is 34.9 Å². The Balaban J connectivity index is 1.45. The van der Waals surface area contributed by atoms with Gasteiger partial charge in [-0.25, -0.2) is 0 Å². The van der Waals surface area contributed by atoms with E-state index in [1.54, 1.807) is 11.8 Å². The molecular weight excluding hydrogens is 284 g/mol. The van der Waals surface area contributed by atoms with Crippen molar-refractivity contribution >= 4 is 23.6 Å². The summed E-state index contributed by atoms with van der Waals surface area (Å²) >= 11 is 1.70. The lowest BCUT2D eigenvalue weighted by Crippen LogP contribution is -2.62. The van der Waals surface area contributed by atoms with E-state index in [2.05, 4.69) is 10.6 Å². The first-order valence-electron chi connectivity index (χ1n) is 8.31. The molecule has 5 fully saturated rings. The lowest BCUT2D eigenvalue weighted by atomic mass is 9.53. The Labute approximate surface area is 130 Å². The Morgan fingerprint density at radius 1 is 1.14 bits per heavy atom. The van der Waals surface area contributed by atoms with Crippen LogP contribution in [0.1, 0.15) is 44.9 Å². The average Bonchev–Trinajstić information content (AvgIpc) is 2.61. The van der Waals surface area contributed by atoms with Gasteiger partial charge >= 0.3 is 0 Å². The van der Waals surface area contributed by atoms with Crippen molar-refractivity contribution < 1.29 is 9.59 Å². The molecule has 1 heterocycles. The molecule has 0 aromatic heterocycles. The summed E-state index contributed by atoms with van der Waals surface area (Å²) in [5, 5.41) is 6.26. The van der Waals surface area contributed by atoms with Crippen molar-refractivity contribution in [1.29, 1.82) is 0 Å². The summed E-state index contributed by atoms with van der Waals surface area (Å²) in [5.41, 5.74) is 0.0491. The molecule has 2 N–H and O–H groups in total. The summed E-state index contributed by atoms with van der Waals surface area (Å²) in [6.45, 7) is 0. The third-order valence-electron chi connectivity index (χ3n) is 5.84. The Morgan fingerprint density at radius 2 is 1.76 bits per heavy atom. The van der Waals surface area contributed by atoms with Gasteiger partial charge in [-0.3, -0.25) is 9.59 Å². The first-order chi connectivity index (χ1) is 10.1. The average molecular weight is 308 g/mol. The Morgan fingerprint density at radius 3 is 2.38 bits per heavy atom. The van der Waals surface area contributed by atoms with Crippen LogP contribution in [0.3, 0.4) is 0 Å². The smallest absolute Gasteiger partial charge is 0.243 e. The monoisotopic (exact) mass is 308 g/mol. The van der Waals surface area contributed by atoms with Crippen molar-refractivity contribution in [3.63, 3.8) is 0 Å². The van der Waals surface area contributed by atoms with Crippen LogP contribution in [0.25, 0.3) is 0 Å². The molecule has 0 aromatic carbocycles. The fourth-order valence-corrected chi connectivity index (χ4v) is 6.39. The summed E-state index contributed by atoms with van der Waals surface area (Å²) < 4.78 is 0. The van der Waals surface area contributed by atoms with Crippen molar-refractivity contribution in [2.45, 2.75) is 56.5 Å². The predicted molar refractivity (Wildman–Crippen MR) is 82.9 cm³/mol. The van der Waals surface area contributed by atoms with Gasteiger partial charge in [-0.2, -0.15) is 11.8 Å². The SMILES string of the molecule is O=C1CCSCC(C(=O)NC23CC4CC(CC(C4)C2)C3)N1. The molecule has 5 aliphatic rings. The molecule has 5 rings (SSSR count). The second-order valence-electron chi connectivity index (χ2n) is 7.63. The zero-order valence-corrected chi connectivity index (χ0v) is 13.2. The number of nitrogens with one attached hydrogen (secondary N) is 2. The first kappa shape index (κ1) is 13.9. The van der Waals surface area contributed by atoms with E-state index < -0.39 is 0 Å². The Kier molecular flexibility index (Phi) is 3.43. The molecule has 0 aromatic rings. The van der Waals surface area contributed by atoms with Crippen LogP contribution in [0.2, 0.25) is 0 Å². The lowest BCUT2D eigenvalue weighted by Gasteiger charge is -2.57. The van der Waals surface area contributed by atoms with E-state index in [0.717, 1.165) is 23.5 Å². The highest BCUT2D eigenvalue weighted by molar-refractivity contribution is 7.99. The standard InChI is InChI=1S/C16H24N2O2S/c19-14-1-2-21-9-13(17-14)15(20)18-16-6-10-3-11(7-16)5-12(4-10)8-16/h10-13H,1-9H2,(H,17,19)(H,18,20). The van der Waals surface area contributed by atoms with E-state index in [-0.39, 0.29) is 23.4 Å². The van der Waals surface area contributed by atoms with Gasteiger partial charge in [-0.05, 0) is 56.3 Å². The minimum atomic E-state index is -0.335. The molecule has 4 aliphatic carbocycles. The number of hydrogen-bond donors (Lipinski definition) is 2. The van der Waals surface area contributed by atoms with Gasteiger partial charge in [0.25, 0.3) is 0 Å². The third kappa shape index (κ3) is 2.69. The molecule has 1 unspecified atom stereocenters. The molecule has 4 nitrogen and oxygen atoms in total. The molecule has 4 bridgehead atoms. The fraction of sp³-hybridized carbons (Fsp3) is 0.875. The maximum Gasteiger partial charge on any atom is 0.243 e. The lowest BCUT2D eigenvalue weighted by molar-refractivity contribution is -0.132. The highest BCUT2D eigenvalue weighted by atomic mass is 32.2. The normalized spacial score (nSPS) is 45.0. The van der Waals surface area contributed by atoms with Crippen LogP contribution in [0.15, 0.2) is 0 Å². The first-order valence-corrected chi connectivity index (χ1v) is 9.46. The van der Waals surface area contributed by atoms with Gasteiger partial charge in [-0.1, -0.05) is 0 Å². The van der Waals surface area contributed by atoms with E-state index in [9.17, 15) is 9.59 Å². The fourth-order valence-electron chi connectivity index (χ4n) is 5.43. The van der Waals surface area contributed by atoms with Gasteiger partial charge in [-0.15, -0.1) is 0 Å². The third-order valence-corrected chi connectivity index (χ3v) is 6.90. The largest absolute Gasteiger partial charge is 0.349 e. The zero-order valence-electron chi connectivity index (χ0n) is 12.4. The molecular formula is C16H24N2O2S. The van der Waals surface area contributed by atoms with Gasteiger partial charge in [0.05, 0.1) is 0 Å². The number of carbonyl (C=O) groups is 2. The minimum Gasteiger partial charge on any atom is -0.349 e. The Hall–Kier alpha value is -0.710. The summed E-state index contributed by atoms with van der Waals surface area (Å²) in [5.74, 6) is 4.10. The molecule has 21 heavy (non-hydrogen) atoms. The van der Waals surface area contributed by atoms with Crippen LogP contribution in [0, 0.1) is 17.8 Å². The molecule has 116 valence electrons. The van der Waals surface area contributed by atoms with Crippen LogP contribution in [0.4, 0.5) is 0 Å². The number of amides is 2. The molecule has 1 atom stereocenters. The van der Waals surface area contributed by atoms with Crippen molar-refractivity contribution in [1.82, 2.24) is 10.6 Å². The van der Waals surface area contributed by atoms with Gasteiger partial charge in [0.1, 0.15) is 6.04 Å². The maximum atomic E-state index is 12.6. The molecule has 4 saturated carbocycles. The minimum absolute atomic E-state index is 0.0191. The second kappa shape index (κ2) is 5.18. The predicted octanol–water partition coefficient (Wildman–Crippen LogP) is 1.69. The van der Waals surface area contributed by atoms with Crippen LogP contribution < -0.4 is 10.6 Å². The second-order valence-corrected chi connectivity index (χ2v) is 8.78. The highest BCUT2D eigenvalue weighted by Crippen LogP contribution is 2.55. The van der Waals surface area contributed by atoms with E-state index in [4.69, 9.17) is 0 Å². The molecule has 0 spiro atoms. The molecule has 5 heteroatoms. The van der Waals surface area contributed by atoms with Crippen LogP contribution >= 0.6 is 11.8 Å². The number of thioether (sulfide) groups is 1. The highest BCUT2D eigenvalue weighted by Gasteiger charge is 2.51. The quantitative estimate of drug-likeness (QED) is 0.816. The van der Waals surface area contributed by atoms with Crippen molar-refractivity contribution in [2.24, 2.45) is 17.8 Å². The zero-order chi connectivity index (χ0) is 14.4. The van der Waals surface area contributed by atoms with E-state index in [1.807, 2.05) is 0 Å². The van der Waals surface area contributed by atoms with Crippen LogP contribution in [-0.2, 0) is 9.59 Å².